The first-order valence-electron chi connectivity index (χ1n) is 5.26. The maximum Gasteiger partial charge on any atom is 0.140 e. The van der Waals surface area contributed by atoms with Crippen molar-refractivity contribution >= 4 is 5.84 Å². The first-order chi connectivity index (χ1) is 7.63. The van der Waals surface area contributed by atoms with E-state index in [1.54, 1.807) is 6.20 Å². The summed E-state index contributed by atoms with van der Waals surface area (Å²) in [5.41, 5.74) is 6.56. The van der Waals surface area contributed by atoms with Crippen LogP contribution in [0.5, 0.6) is 0 Å². The Bertz CT molecular complexity index is 339. The second-order valence-corrected chi connectivity index (χ2v) is 3.87. The Morgan fingerprint density at radius 2 is 2.38 bits per heavy atom. The van der Waals surface area contributed by atoms with Crippen LogP contribution in [0.15, 0.2) is 29.7 Å². The maximum absolute atomic E-state index is 8.46. The number of oxime groups is 1. The van der Waals surface area contributed by atoms with E-state index in [0.717, 1.165) is 5.56 Å². The summed E-state index contributed by atoms with van der Waals surface area (Å²) in [5, 5.41) is 14.8. The Hall–Kier alpha value is -1.62. The third kappa shape index (κ3) is 3.86. The van der Waals surface area contributed by atoms with E-state index < -0.39 is 0 Å². The molecule has 0 aromatic carbocycles. The van der Waals surface area contributed by atoms with Crippen LogP contribution in [0.2, 0.25) is 0 Å². The smallest absolute Gasteiger partial charge is 0.140 e. The van der Waals surface area contributed by atoms with E-state index in [0.29, 0.717) is 6.42 Å². The van der Waals surface area contributed by atoms with Gasteiger partial charge in [0.25, 0.3) is 0 Å². The first kappa shape index (κ1) is 12.4. The van der Waals surface area contributed by atoms with Crippen LogP contribution in [0, 0.1) is 0 Å². The van der Waals surface area contributed by atoms with Crippen LogP contribution in [-0.2, 0) is 0 Å². The van der Waals surface area contributed by atoms with E-state index in [1.807, 2.05) is 25.3 Å². The molecule has 1 heterocycles. The molecule has 0 radical (unpaired) electrons. The third-order valence-electron chi connectivity index (χ3n) is 2.36. The maximum atomic E-state index is 8.46. The third-order valence-corrected chi connectivity index (χ3v) is 2.36. The zero-order valence-corrected chi connectivity index (χ0v) is 9.59. The van der Waals surface area contributed by atoms with Crippen LogP contribution in [0.1, 0.15) is 31.9 Å². The van der Waals surface area contributed by atoms with Crippen molar-refractivity contribution in [1.82, 2.24) is 10.3 Å². The molecule has 5 nitrogen and oxygen atoms in total. The Kier molecular flexibility index (Phi) is 4.72. The van der Waals surface area contributed by atoms with Gasteiger partial charge >= 0.3 is 0 Å². The Balaban J connectivity index is 2.48. The van der Waals surface area contributed by atoms with Gasteiger partial charge in [0.15, 0.2) is 0 Å². The van der Waals surface area contributed by atoms with Gasteiger partial charge in [-0.3, -0.25) is 4.98 Å². The minimum atomic E-state index is 0.145. The van der Waals surface area contributed by atoms with Crippen molar-refractivity contribution in [1.29, 1.82) is 0 Å². The van der Waals surface area contributed by atoms with Gasteiger partial charge < -0.3 is 16.3 Å². The van der Waals surface area contributed by atoms with Gasteiger partial charge in [-0.05, 0) is 25.5 Å². The average molecular weight is 222 g/mol. The van der Waals surface area contributed by atoms with E-state index in [2.05, 4.69) is 22.4 Å². The highest BCUT2D eigenvalue weighted by Gasteiger charge is 2.10. The zero-order chi connectivity index (χ0) is 12.0. The quantitative estimate of drug-likeness (QED) is 0.303. The molecule has 1 rings (SSSR count). The lowest BCUT2D eigenvalue weighted by molar-refractivity contribution is 0.315. The highest BCUT2D eigenvalue weighted by Crippen LogP contribution is 2.11. The molecule has 2 atom stereocenters. The SMILES string of the molecule is CC(CC(N)=NO)NC(C)c1cccnc1. The van der Waals surface area contributed by atoms with Crippen molar-refractivity contribution < 1.29 is 5.21 Å². The first-order valence-corrected chi connectivity index (χ1v) is 5.26. The molecule has 5 heteroatoms. The van der Waals surface area contributed by atoms with Crippen molar-refractivity contribution in [2.24, 2.45) is 10.9 Å². The number of nitrogens with zero attached hydrogens (tertiary/aromatic N) is 2. The Morgan fingerprint density at radius 3 is 2.94 bits per heavy atom. The summed E-state index contributed by atoms with van der Waals surface area (Å²) in [6.45, 7) is 4.05. The van der Waals surface area contributed by atoms with Crippen molar-refractivity contribution in [3.8, 4) is 0 Å². The van der Waals surface area contributed by atoms with E-state index >= 15 is 0 Å². The van der Waals surface area contributed by atoms with Gasteiger partial charge in [0.2, 0.25) is 0 Å². The molecule has 0 fully saturated rings. The predicted octanol–water partition coefficient (Wildman–Crippen LogP) is 1.26. The highest BCUT2D eigenvalue weighted by molar-refractivity contribution is 5.80. The van der Waals surface area contributed by atoms with Gasteiger partial charge in [0, 0.05) is 30.9 Å². The van der Waals surface area contributed by atoms with E-state index in [9.17, 15) is 0 Å². The van der Waals surface area contributed by atoms with E-state index in [4.69, 9.17) is 10.9 Å². The molecule has 0 amide bonds. The summed E-state index contributed by atoms with van der Waals surface area (Å²) in [4.78, 5) is 4.06. The minimum absolute atomic E-state index is 0.145. The molecule has 0 bridgehead atoms. The largest absolute Gasteiger partial charge is 0.409 e. The number of pyridine rings is 1. The zero-order valence-electron chi connectivity index (χ0n) is 9.59. The number of amidine groups is 1. The van der Waals surface area contributed by atoms with Crippen molar-refractivity contribution in [3.05, 3.63) is 30.1 Å². The molecule has 0 saturated carbocycles. The molecule has 4 N–H and O–H groups in total. The van der Waals surface area contributed by atoms with Crippen molar-refractivity contribution in [2.45, 2.75) is 32.4 Å². The summed E-state index contributed by atoms with van der Waals surface area (Å²) >= 11 is 0. The summed E-state index contributed by atoms with van der Waals surface area (Å²) < 4.78 is 0. The van der Waals surface area contributed by atoms with E-state index in [1.165, 1.54) is 0 Å². The summed E-state index contributed by atoms with van der Waals surface area (Å²) in [6.07, 6.45) is 4.09. The van der Waals surface area contributed by atoms with Crippen LogP contribution >= 0.6 is 0 Å². The lowest BCUT2D eigenvalue weighted by atomic mass is 10.1. The van der Waals surface area contributed by atoms with Gasteiger partial charge in [0.05, 0.1) is 0 Å². The number of rotatable bonds is 5. The van der Waals surface area contributed by atoms with Gasteiger partial charge in [-0.25, -0.2) is 0 Å². The normalized spacial score (nSPS) is 15.8. The number of nitrogens with one attached hydrogen (secondary N) is 1. The number of nitrogens with two attached hydrogens (primary N) is 1. The van der Waals surface area contributed by atoms with Crippen molar-refractivity contribution in [2.75, 3.05) is 0 Å². The van der Waals surface area contributed by atoms with Crippen LogP contribution in [-0.4, -0.2) is 22.1 Å². The predicted molar refractivity (Wildman–Crippen MR) is 63.3 cm³/mol. The number of aromatic nitrogens is 1. The number of hydrogen-bond acceptors (Lipinski definition) is 4. The molecule has 16 heavy (non-hydrogen) atoms. The second kappa shape index (κ2) is 6.07. The van der Waals surface area contributed by atoms with Gasteiger partial charge in [-0.1, -0.05) is 11.2 Å². The van der Waals surface area contributed by atoms with Crippen LogP contribution in [0.25, 0.3) is 0 Å². The minimum Gasteiger partial charge on any atom is -0.409 e. The van der Waals surface area contributed by atoms with Gasteiger partial charge in [-0.2, -0.15) is 0 Å². The van der Waals surface area contributed by atoms with Crippen LogP contribution < -0.4 is 11.1 Å². The van der Waals surface area contributed by atoms with Crippen LogP contribution in [0.3, 0.4) is 0 Å². The summed E-state index contributed by atoms with van der Waals surface area (Å²) in [6, 6.07) is 4.25. The fourth-order valence-corrected chi connectivity index (χ4v) is 1.57. The lowest BCUT2D eigenvalue weighted by Crippen LogP contribution is -2.33. The lowest BCUT2D eigenvalue weighted by Gasteiger charge is -2.19. The topological polar surface area (TPSA) is 83.5 Å². The molecule has 1 aromatic heterocycles. The second-order valence-electron chi connectivity index (χ2n) is 3.87. The average Bonchev–Trinajstić information content (AvgIpc) is 2.29. The summed E-state index contributed by atoms with van der Waals surface area (Å²) in [7, 11) is 0. The Labute approximate surface area is 95.4 Å². The molecule has 0 saturated heterocycles. The molecular weight excluding hydrogens is 204 g/mol. The van der Waals surface area contributed by atoms with Gasteiger partial charge in [0.1, 0.15) is 5.84 Å². The van der Waals surface area contributed by atoms with Crippen LogP contribution in [0.4, 0.5) is 0 Å². The van der Waals surface area contributed by atoms with Gasteiger partial charge in [-0.15, -0.1) is 0 Å². The van der Waals surface area contributed by atoms with Crippen molar-refractivity contribution in [3.63, 3.8) is 0 Å². The molecular formula is C11H18N4O. The number of hydrogen-bond donors (Lipinski definition) is 3. The molecule has 0 aliphatic rings. The molecule has 88 valence electrons. The monoisotopic (exact) mass is 222 g/mol. The molecule has 0 aliphatic carbocycles. The molecule has 2 unspecified atom stereocenters. The summed E-state index contributed by atoms with van der Waals surface area (Å²) in [5.74, 6) is 0.235. The molecule has 1 aromatic rings. The van der Waals surface area contributed by atoms with E-state index in [-0.39, 0.29) is 17.9 Å². The molecule has 0 spiro atoms. The fourth-order valence-electron chi connectivity index (χ4n) is 1.57. The Morgan fingerprint density at radius 1 is 1.62 bits per heavy atom. The molecule has 0 aliphatic heterocycles. The standard InChI is InChI=1S/C11H18N4O/c1-8(6-11(12)15-16)14-9(2)10-4-3-5-13-7-10/h3-5,7-9,14,16H,6H2,1-2H3,(H2,12,15). The highest BCUT2D eigenvalue weighted by atomic mass is 16.4. The fraction of sp³-hybridized carbons (Fsp3) is 0.455.